The number of halogens is 3. The minimum Gasteiger partial charge on any atom is -0.248 e. The maximum Gasteiger partial charge on any atom is 0.389 e. The van der Waals surface area contributed by atoms with E-state index in [1.165, 1.54) is 11.1 Å². The minimum atomic E-state index is -4.12. The standard InChI is InChI=1S/C20H18F3N/c1-13-9-14(2)11-17(10-13)19-6-4-16-12-15(3-5-18(16)24-19)7-8-20(21,22)23/h3-6,9-12H,7-8H2,1-2H3. The molecule has 1 aromatic heterocycles. The highest BCUT2D eigenvalue weighted by atomic mass is 19.4. The fourth-order valence-corrected chi connectivity index (χ4v) is 2.90. The Morgan fingerprint density at radius 2 is 1.58 bits per heavy atom. The van der Waals surface area contributed by atoms with Gasteiger partial charge in [0.1, 0.15) is 0 Å². The van der Waals surface area contributed by atoms with Gasteiger partial charge in [0, 0.05) is 17.4 Å². The summed E-state index contributed by atoms with van der Waals surface area (Å²) in [6, 6.07) is 15.4. The number of benzene rings is 2. The van der Waals surface area contributed by atoms with Crippen LogP contribution in [-0.4, -0.2) is 11.2 Å². The summed E-state index contributed by atoms with van der Waals surface area (Å²) in [7, 11) is 0. The highest BCUT2D eigenvalue weighted by Gasteiger charge is 2.26. The third-order valence-electron chi connectivity index (χ3n) is 3.97. The average Bonchev–Trinajstić information content (AvgIpc) is 2.50. The summed E-state index contributed by atoms with van der Waals surface area (Å²) in [5.41, 5.74) is 5.75. The molecule has 1 heterocycles. The van der Waals surface area contributed by atoms with Crippen LogP contribution in [0.25, 0.3) is 22.2 Å². The van der Waals surface area contributed by atoms with Crippen LogP contribution in [0, 0.1) is 13.8 Å². The van der Waals surface area contributed by atoms with Crippen LogP contribution >= 0.6 is 0 Å². The van der Waals surface area contributed by atoms with Gasteiger partial charge in [0.05, 0.1) is 11.2 Å². The molecule has 4 heteroatoms. The van der Waals surface area contributed by atoms with Gasteiger partial charge in [-0.25, -0.2) is 4.98 Å². The monoisotopic (exact) mass is 329 g/mol. The second kappa shape index (κ2) is 6.27. The Morgan fingerprint density at radius 1 is 0.875 bits per heavy atom. The first kappa shape index (κ1) is 16.5. The molecule has 0 amide bonds. The predicted octanol–water partition coefficient (Wildman–Crippen LogP) is 6.01. The van der Waals surface area contributed by atoms with E-state index >= 15 is 0 Å². The summed E-state index contributed by atoms with van der Waals surface area (Å²) in [5, 5.41) is 0.864. The zero-order chi connectivity index (χ0) is 17.3. The number of alkyl halides is 3. The molecule has 0 spiro atoms. The number of fused-ring (bicyclic) bond motifs is 1. The van der Waals surface area contributed by atoms with Gasteiger partial charge < -0.3 is 0 Å². The number of nitrogens with zero attached hydrogens (tertiary/aromatic N) is 1. The third-order valence-corrected chi connectivity index (χ3v) is 3.97. The van der Waals surface area contributed by atoms with E-state index in [1.54, 1.807) is 18.2 Å². The molecule has 0 aliphatic carbocycles. The topological polar surface area (TPSA) is 12.9 Å². The molecule has 0 unspecified atom stereocenters. The van der Waals surface area contributed by atoms with Crippen molar-refractivity contribution < 1.29 is 13.2 Å². The molecule has 0 bridgehead atoms. The zero-order valence-corrected chi connectivity index (χ0v) is 13.6. The van der Waals surface area contributed by atoms with E-state index in [-0.39, 0.29) is 6.42 Å². The van der Waals surface area contributed by atoms with Crippen LogP contribution in [-0.2, 0) is 6.42 Å². The Hall–Kier alpha value is -2.36. The normalized spacial score (nSPS) is 11.9. The molecule has 0 saturated heterocycles. The van der Waals surface area contributed by atoms with Gasteiger partial charge in [-0.3, -0.25) is 0 Å². The highest BCUT2D eigenvalue weighted by Crippen LogP contribution is 2.26. The van der Waals surface area contributed by atoms with Crippen molar-refractivity contribution in [3.8, 4) is 11.3 Å². The SMILES string of the molecule is Cc1cc(C)cc(-c2ccc3cc(CCC(F)(F)F)ccc3n2)c1. The van der Waals surface area contributed by atoms with E-state index in [0.29, 0.717) is 5.56 Å². The van der Waals surface area contributed by atoms with Crippen molar-refractivity contribution in [2.24, 2.45) is 0 Å². The fourth-order valence-electron chi connectivity index (χ4n) is 2.90. The molecule has 24 heavy (non-hydrogen) atoms. The molecule has 0 N–H and O–H groups in total. The van der Waals surface area contributed by atoms with Crippen molar-refractivity contribution in [2.45, 2.75) is 32.9 Å². The summed E-state index contributed by atoms with van der Waals surface area (Å²) in [5.74, 6) is 0. The summed E-state index contributed by atoms with van der Waals surface area (Å²) in [6.45, 7) is 4.09. The second-order valence-corrected chi connectivity index (χ2v) is 6.22. The van der Waals surface area contributed by atoms with E-state index in [9.17, 15) is 13.2 Å². The largest absolute Gasteiger partial charge is 0.389 e. The Balaban J connectivity index is 1.92. The Morgan fingerprint density at radius 3 is 2.25 bits per heavy atom. The molecule has 124 valence electrons. The smallest absolute Gasteiger partial charge is 0.248 e. The van der Waals surface area contributed by atoms with Crippen molar-refractivity contribution in [3.05, 3.63) is 65.2 Å². The van der Waals surface area contributed by atoms with E-state index < -0.39 is 12.6 Å². The van der Waals surface area contributed by atoms with Crippen molar-refractivity contribution >= 4 is 10.9 Å². The molecular weight excluding hydrogens is 311 g/mol. The van der Waals surface area contributed by atoms with Gasteiger partial charge in [-0.05, 0) is 56.2 Å². The van der Waals surface area contributed by atoms with E-state index in [0.717, 1.165) is 22.2 Å². The highest BCUT2D eigenvalue weighted by molar-refractivity contribution is 5.82. The lowest BCUT2D eigenvalue weighted by atomic mass is 10.0. The molecular formula is C20H18F3N. The van der Waals surface area contributed by atoms with Gasteiger partial charge in [-0.1, -0.05) is 29.3 Å². The molecule has 2 aromatic carbocycles. The number of hydrogen-bond acceptors (Lipinski definition) is 1. The Bertz CT molecular complexity index is 861. The van der Waals surface area contributed by atoms with Crippen LogP contribution in [0.15, 0.2) is 48.5 Å². The van der Waals surface area contributed by atoms with Gasteiger partial charge in [0.2, 0.25) is 0 Å². The lowest BCUT2D eigenvalue weighted by Gasteiger charge is -2.09. The second-order valence-electron chi connectivity index (χ2n) is 6.22. The summed E-state index contributed by atoms with van der Waals surface area (Å²) < 4.78 is 37.0. The van der Waals surface area contributed by atoms with Gasteiger partial charge in [-0.2, -0.15) is 13.2 Å². The molecule has 1 nitrogen and oxygen atoms in total. The zero-order valence-electron chi connectivity index (χ0n) is 13.6. The molecule has 0 fully saturated rings. The van der Waals surface area contributed by atoms with Crippen LogP contribution in [0.2, 0.25) is 0 Å². The van der Waals surface area contributed by atoms with Crippen LogP contribution in [0.1, 0.15) is 23.1 Å². The lowest BCUT2D eigenvalue weighted by Crippen LogP contribution is -2.08. The van der Waals surface area contributed by atoms with Crippen LogP contribution < -0.4 is 0 Å². The number of rotatable bonds is 3. The van der Waals surface area contributed by atoms with Crippen molar-refractivity contribution in [1.29, 1.82) is 0 Å². The van der Waals surface area contributed by atoms with Gasteiger partial charge >= 0.3 is 6.18 Å². The van der Waals surface area contributed by atoms with E-state index in [2.05, 4.69) is 23.2 Å². The molecule has 0 aliphatic heterocycles. The molecule has 0 saturated carbocycles. The molecule has 0 aliphatic rings. The van der Waals surface area contributed by atoms with Gasteiger partial charge in [0.15, 0.2) is 0 Å². The van der Waals surface area contributed by atoms with E-state index in [4.69, 9.17) is 0 Å². The summed E-state index contributed by atoms with van der Waals surface area (Å²) >= 11 is 0. The summed E-state index contributed by atoms with van der Waals surface area (Å²) in [6.07, 6.45) is -4.93. The van der Waals surface area contributed by atoms with E-state index in [1.807, 2.05) is 26.0 Å². The first-order chi connectivity index (χ1) is 11.3. The Kier molecular flexibility index (Phi) is 4.31. The van der Waals surface area contributed by atoms with Crippen LogP contribution in [0.5, 0.6) is 0 Å². The average molecular weight is 329 g/mol. The fraction of sp³-hybridized carbons (Fsp3) is 0.250. The predicted molar refractivity (Wildman–Crippen MR) is 91.0 cm³/mol. The molecule has 3 aromatic rings. The number of aryl methyl sites for hydroxylation is 3. The van der Waals surface area contributed by atoms with Crippen LogP contribution in [0.4, 0.5) is 13.2 Å². The van der Waals surface area contributed by atoms with Gasteiger partial charge in [-0.15, -0.1) is 0 Å². The number of pyridine rings is 1. The maximum atomic E-state index is 12.3. The quantitative estimate of drug-likeness (QED) is 0.573. The first-order valence-corrected chi connectivity index (χ1v) is 7.85. The molecule has 0 radical (unpaired) electrons. The maximum absolute atomic E-state index is 12.3. The molecule has 3 rings (SSSR count). The number of aromatic nitrogens is 1. The summed E-state index contributed by atoms with van der Waals surface area (Å²) in [4.78, 5) is 4.66. The molecule has 0 atom stereocenters. The van der Waals surface area contributed by atoms with Crippen molar-refractivity contribution in [1.82, 2.24) is 4.98 Å². The Labute approximate surface area is 139 Å². The van der Waals surface area contributed by atoms with Crippen molar-refractivity contribution in [3.63, 3.8) is 0 Å². The van der Waals surface area contributed by atoms with Gasteiger partial charge in [0.25, 0.3) is 0 Å². The third kappa shape index (κ3) is 3.94. The van der Waals surface area contributed by atoms with Crippen molar-refractivity contribution in [2.75, 3.05) is 0 Å². The minimum absolute atomic E-state index is 0.00172. The lowest BCUT2D eigenvalue weighted by molar-refractivity contribution is -0.133. The number of hydrogen-bond donors (Lipinski definition) is 0. The first-order valence-electron chi connectivity index (χ1n) is 7.85. The van der Waals surface area contributed by atoms with Crippen LogP contribution in [0.3, 0.4) is 0 Å².